The summed E-state index contributed by atoms with van der Waals surface area (Å²) in [6, 6.07) is 21.6. The Morgan fingerprint density at radius 1 is 0.935 bits per heavy atom. The molecule has 0 unspecified atom stereocenters. The molecule has 1 heterocycles. The molecule has 1 aliphatic rings. The molecular weight excluding hydrogens is 584 g/mol. The van der Waals surface area contributed by atoms with Crippen LogP contribution in [-0.2, 0) is 16.0 Å². The van der Waals surface area contributed by atoms with Crippen LogP contribution in [0.25, 0.3) is 0 Å². The highest BCUT2D eigenvalue weighted by atomic mass is 16.6. The number of hydrogen-bond donors (Lipinski definition) is 2. The van der Waals surface area contributed by atoms with Gasteiger partial charge in [-0.15, -0.1) is 0 Å². The predicted molar refractivity (Wildman–Crippen MR) is 182 cm³/mol. The lowest BCUT2D eigenvalue weighted by Gasteiger charge is -2.33. The summed E-state index contributed by atoms with van der Waals surface area (Å²) in [4.78, 5) is 47.2. The molecule has 1 saturated heterocycles. The number of hydrogen-bond acceptors (Lipinski definition) is 7. The van der Waals surface area contributed by atoms with Crippen molar-refractivity contribution in [3.05, 3.63) is 83.9 Å². The number of para-hydroxylation sites is 2. The van der Waals surface area contributed by atoms with Gasteiger partial charge in [0.1, 0.15) is 5.60 Å². The van der Waals surface area contributed by atoms with Crippen LogP contribution in [0.3, 0.4) is 0 Å². The molecule has 0 radical (unpaired) electrons. The average Bonchev–Trinajstić information content (AvgIpc) is 3.01. The Balaban J connectivity index is 1.73. The lowest BCUT2D eigenvalue weighted by Crippen LogP contribution is -2.43. The second-order valence-electron chi connectivity index (χ2n) is 12.5. The Hall–Kier alpha value is -4.61. The van der Waals surface area contributed by atoms with Crippen LogP contribution >= 0.6 is 0 Å². The first kappa shape index (κ1) is 34.3. The highest BCUT2D eigenvalue weighted by Crippen LogP contribution is 2.35. The maximum atomic E-state index is 14.8. The van der Waals surface area contributed by atoms with Crippen molar-refractivity contribution in [2.24, 2.45) is 5.73 Å². The zero-order chi connectivity index (χ0) is 33.3. The minimum Gasteiger partial charge on any atom is -0.444 e. The molecule has 0 aromatic heterocycles. The third kappa shape index (κ3) is 9.69. The number of nitrogens with one attached hydrogen (secondary N) is 1. The number of morpholine rings is 1. The largest absolute Gasteiger partial charge is 0.444 e. The number of ether oxygens (including phenoxy) is 2. The molecule has 246 valence electrons. The average molecular weight is 631 g/mol. The van der Waals surface area contributed by atoms with E-state index in [4.69, 9.17) is 15.2 Å². The van der Waals surface area contributed by atoms with Gasteiger partial charge in [0.15, 0.2) is 0 Å². The summed E-state index contributed by atoms with van der Waals surface area (Å²) in [6.45, 7) is 10.1. The Labute approximate surface area is 271 Å². The van der Waals surface area contributed by atoms with Crippen LogP contribution in [0.15, 0.2) is 72.8 Å². The molecule has 11 nitrogen and oxygen atoms in total. The summed E-state index contributed by atoms with van der Waals surface area (Å²) in [7, 11) is 3.88. The van der Waals surface area contributed by atoms with E-state index < -0.39 is 17.6 Å². The van der Waals surface area contributed by atoms with Gasteiger partial charge in [-0.1, -0.05) is 30.3 Å². The SMILES string of the molecule is CN(C)c1cccc(N(C(=O)N(CCCN2CCOCC2)Cc2ccc(C(N)=O)cc2)c2ccccc2NC(=O)OC(C)(C)C)c1. The highest BCUT2D eigenvalue weighted by molar-refractivity contribution is 6.04. The van der Waals surface area contributed by atoms with E-state index in [0.29, 0.717) is 48.9 Å². The smallest absolute Gasteiger partial charge is 0.412 e. The summed E-state index contributed by atoms with van der Waals surface area (Å²) >= 11 is 0. The summed E-state index contributed by atoms with van der Waals surface area (Å²) in [5, 5.41) is 2.85. The van der Waals surface area contributed by atoms with Crippen LogP contribution in [0.4, 0.5) is 32.3 Å². The van der Waals surface area contributed by atoms with E-state index in [2.05, 4.69) is 10.2 Å². The van der Waals surface area contributed by atoms with Gasteiger partial charge in [0.2, 0.25) is 5.91 Å². The van der Waals surface area contributed by atoms with Gasteiger partial charge < -0.3 is 25.0 Å². The van der Waals surface area contributed by atoms with Crippen LogP contribution in [0, 0.1) is 0 Å². The molecule has 1 fully saturated rings. The van der Waals surface area contributed by atoms with Crippen molar-refractivity contribution in [3.63, 3.8) is 0 Å². The molecule has 3 aromatic rings. The highest BCUT2D eigenvalue weighted by Gasteiger charge is 2.28. The molecule has 0 atom stereocenters. The van der Waals surface area contributed by atoms with Crippen LogP contribution in [0.5, 0.6) is 0 Å². The molecule has 11 heteroatoms. The van der Waals surface area contributed by atoms with Crippen LogP contribution < -0.4 is 20.9 Å². The van der Waals surface area contributed by atoms with Gasteiger partial charge in [-0.25, -0.2) is 9.59 Å². The molecule has 4 rings (SSSR count). The Kier molecular flexibility index (Phi) is 11.6. The quantitative estimate of drug-likeness (QED) is 0.280. The van der Waals surface area contributed by atoms with E-state index in [1.54, 1.807) is 60.9 Å². The first-order valence-electron chi connectivity index (χ1n) is 15.6. The Morgan fingerprint density at radius 2 is 1.61 bits per heavy atom. The Bertz CT molecular complexity index is 1480. The summed E-state index contributed by atoms with van der Waals surface area (Å²) in [6.07, 6.45) is 0.125. The number of nitrogens with zero attached hydrogens (tertiary/aromatic N) is 4. The van der Waals surface area contributed by atoms with Crippen LogP contribution in [-0.4, -0.2) is 86.9 Å². The minimum atomic E-state index is -0.698. The fraction of sp³-hybridized carbons (Fsp3) is 0.400. The monoisotopic (exact) mass is 630 g/mol. The van der Waals surface area contributed by atoms with Crippen molar-refractivity contribution in [3.8, 4) is 0 Å². The molecule has 0 spiro atoms. The van der Waals surface area contributed by atoms with Crippen molar-refractivity contribution in [1.29, 1.82) is 0 Å². The number of nitrogens with two attached hydrogens (primary N) is 1. The second kappa shape index (κ2) is 15.6. The van der Waals surface area contributed by atoms with E-state index in [0.717, 1.165) is 37.3 Å². The van der Waals surface area contributed by atoms with E-state index in [1.165, 1.54) is 0 Å². The molecule has 0 aliphatic carbocycles. The number of amides is 4. The number of benzene rings is 3. The van der Waals surface area contributed by atoms with Crippen molar-refractivity contribution >= 4 is 40.8 Å². The summed E-state index contributed by atoms with van der Waals surface area (Å²) < 4.78 is 11.0. The third-order valence-electron chi connectivity index (χ3n) is 7.46. The number of carbonyl (C=O) groups is 3. The van der Waals surface area contributed by atoms with Gasteiger partial charge in [0.05, 0.1) is 30.3 Å². The Morgan fingerprint density at radius 3 is 2.26 bits per heavy atom. The molecule has 0 saturated carbocycles. The van der Waals surface area contributed by atoms with Crippen LogP contribution in [0.1, 0.15) is 43.1 Å². The standard InChI is InChI=1S/C35H46N6O5/c1-35(2,3)46-33(43)37-30-12-6-7-13-31(30)41(29-11-8-10-28(24-29)38(4)5)34(44)40(19-9-18-39-20-22-45-23-21-39)25-26-14-16-27(17-15-26)32(36)42/h6-8,10-17,24H,9,18-23,25H2,1-5H3,(H2,36,42)(H,37,43). The maximum absolute atomic E-state index is 14.8. The molecule has 4 amide bonds. The van der Waals surface area contributed by atoms with Gasteiger partial charge in [0, 0.05) is 58.1 Å². The van der Waals surface area contributed by atoms with Gasteiger partial charge in [0.25, 0.3) is 0 Å². The zero-order valence-electron chi connectivity index (χ0n) is 27.5. The fourth-order valence-electron chi connectivity index (χ4n) is 5.14. The molecule has 3 aromatic carbocycles. The number of anilines is 4. The molecule has 3 N–H and O–H groups in total. The van der Waals surface area contributed by atoms with Gasteiger partial charge in [-0.2, -0.15) is 0 Å². The van der Waals surface area contributed by atoms with Crippen molar-refractivity contribution in [2.75, 3.05) is 68.6 Å². The predicted octanol–water partition coefficient (Wildman–Crippen LogP) is 5.68. The van der Waals surface area contributed by atoms with Crippen LogP contribution in [0.2, 0.25) is 0 Å². The lowest BCUT2D eigenvalue weighted by atomic mass is 10.1. The third-order valence-corrected chi connectivity index (χ3v) is 7.46. The number of rotatable bonds is 11. The molecule has 46 heavy (non-hydrogen) atoms. The number of primary amides is 1. The first-order chi connectivity index (χ1) is 21.9. The minimum absolute atomic E-state index is 0.268. The fourth-order valence-corrected chi connectivity index (χ4v) is 5.14. The normalized spacial score (nSPS) is 13.5. The van der Waals surface area contributed by atoms with E-state index >= 15 is 0 Å². The summed E-state index contributed by atoms with van der Waals surface area (Å²) in [5.74, 6) is -0.508. The van der Waals surface area contributed by atoms with E-state index in [-0.39, 0.29) is 6.03 Å². The van der Waals surface area contributed by atoms with Gasteiger partial charge in [-0.05, 0) is 75.2 Å². The van der Waals surface area contributed by atoms with Gasteiger partial charge in [-0.3, -0.25) is 19.9 Å². The van der Waals surface area contributed by atoms with E-state index in [9.17, 15) is 14.4 Å². The number of urea groups is 1. The van der Waals surface area contributed by atoms with Crippen molar-refractivity contribution < 1.29 is 23.9 Å². The molecule has 1 aliphatic heterocycles. The van der Waals surface area contributed by atoms with E-state index in [1.807, 2.05) is 61.5 Å². The van der Waals surface area contributed by atoms with Crippen molar-refractivity contribution in [2.45, 2.75) is 39.3 Å². The lowest BCUT2D eigenvalue weighted by molar-refractivity contribution is 0.0365. The summed E-state index contributed by atoms with van der Waals surface area (Å²) in [5.41, 5.74) is 8.50. The maximum Gasteiger partial charge on any atom is 0.412 e. The second-order valence-corrected chi connectivity index (χ2v) is 12.5. The molecule has 0 bridgehead atoms. The molecular formula is C35H46N6O5. The topological polar surface area (TPSA) is 121 Å². The first-order valence-corrected chi connectivity index (χ1v) is 15.6. The van der Waals surface area contributed by atoms with Crippen molar-refractivity contribution in [1.82, 2.24) is 9.80 Å². The van der Waals surface area contributed by atoms with Gasteiger partial charge >= 0.3 is 12.1 Å². The number of carbonyl (C=O) groups excluding carboxylic acids is 3. The zero-order valence-corrected chi connectivity index (χ0v) is 27.5.